The number of hydrogen-bond donors (Lipinski definition) is 4. The number of benzene rings is 3. The van der Waals surface area contributed by atoms with E-state index in [9.17, 15) is 9.59 Å². The van der Waals surface area contributed by atoms with Gasteiger partial charge in [-0.2, -0.15) is 0 Å². The number of nitrogens with two attached hydrogens (primary N) is 4. The van der Waals surface area contributed by atoms with Crippen LogP contribution in [0.2, 0.25) is 0 Å². The second kappa shape index (κ2) is 6.28. The molecule has 140 valence electrons. The summed E-state index contributed by atoms with van der Waals surface area (Å²) in [6.07, 6.45) is 0. The third kappa shape index (κ3) is 2.49. The van der Waals surface area contributed by atoms with Gasteiger partial charge in [-0.25, -0.2) is 0 Å². The van der Waals surface area contributed by atoms with Gasteiger partial charge in [-0.1, -0.05) is 18.2 Å². The van der Waals surface area contributed by atoms with Crippen LogP contribution < -0.4 is 27.7 Å². The number of carbonyl (C=O) groups excluding carboxylic acids is 2. The number of hydrogen-bond acceptors (Lipinski definition) is 7. The van der Waals surface area contributed by atoms with Gasteiger partial charge in [-0.3, -0.25) is 9.59 Å². The number of nitrogen functional groups attached to an aromatic ring is 4. The van der Waals surface area contributed by atoms with Crippen molar-refractivity contribution in [3.8, 4) is 11.5 Å². The summed E-state index contributed by atoms with van der Waals surface area (Å²) in [5.74, 6) is -0.346. The zero-order valence-corrected chi connectivity index (χ0v) is 16.0. The molecule has 0 atom stereocenters. The predicted octanol–water partition coefficient (Wildman–Crippen LogP) is 3.35. The monoisotopic (exact) mass is 438 g/mol. The Bertz CT molecular complexity index is 1180. The normalized spacial score (nSPS) is 12.5. The Morgan fingerprint density at radius 2 is 1.25 bits per heavy atom. The van der Waals surface area contributed by atoms with E-state index in [4.69, 9.17) is 27.7 Å². The largest absolute Gasteiger partial charge is 0.455 e. The molecule has 0 radical (unpaired) electrons. The van der Waals surface area contributed by atoms with E-state index in [2.05, 4.69) is 15.9 Å². The third-order valence-electron chi connectivity index (χ3n) is 4.59. The lowest BCUT2D eigenvalue weighted by Gasteiger charge is -2.24. The van der Waals surface area contributed by atoms with Gasteiger partial charge in [0.15, 0.2) is 17.3 Å². The number of rotatable bonds is 2. The van der Waals surface area contributed by atoms with Crippen LogP contribution in [0.1, 0.15) is 31.8 Å². The summed E-state index contributed by atoms with van der Waals surface area (Å²) in [5.41, 5.74) is 24.7. The van der Waals surface area contributed by atoms with Crippen LogP contribution in [0.5, 0.6) is 11.5 Å². The Balaban J connectivity index is 1.95. The Morgan fingerprint density at radius 1 is 0.714 bits per heavy atom. The molecule has 4 rings (SSSR count). The van der Waals surface area contributed by atoms with Gasteiger partial charge in [-0.05, 0) is 34.1 Å². The molecule has 0 aliphatic heterocycles. The highest BCUT2D eigenvalue weighted by molar-refractivity contribution is 9.10. The molecule has 8 heteroatoms. The van der Waals surface area contributed by atoms with Crippen LogP contribution in [0.25, 0.3) is 0 Å². The number of halogens is 1. The minimum Gasteiger partial charge on any atom is -0.455 e. The Labute approximate surface area is 168 Å². The quantitative estimate of drug-likeness (QED) is 0.350. The minimum absolute atomic E-state index is 0.000360. The molecule has 0 saturated carbocycles. The molecule has 0 bridgehead atoms. The van der Waals surface area contributed by atoms with E-state index in [-0.39, 0.29) is 50.8 Å². The number of carbonyl (C=O) groups is 2. The maximum absolute atomic E-state index is 13.2. The molecule has 7 nitrogen and oxygen atoms in total. The number of ketones is 2. The van der Waals surface area contributed by atoms with E-state index in [0.717, 1.165) is 0 Å². The van der Waals surface area contributed by atoms with Crippen LogP contribution in [0.4, 0.5) is 22.7 Å². The fourth-order valence-corrected chi connectivity index (χ4v) is 3.73. The second-order valence-electron chi connectivity index (χ2n) is 6.31. The second-order valence-corrected chi connectivity index (χ2v) is 7.17. The molecule has 28 heavy (non-hydrogen) atoms. The van der Waals surface area contributed by atoms with Gasteiger partial charge >= 0.3 is 0 Å². The molecule has 1 aliphatic rings. The maximum atomic E-state index is 13.2. The van der Waals surface area contributed by atoms with E-state index >= 15 is 0 Å². The van der Waals surface area contributed by atoms with Crippen LogP contribution in [-0.4, -0.2) is 11.6 Å². The van der Waals surface area contributed by atoms with Crippen molar-refractivity contribution >= 4 is 50.2 Å². The first-order valence-corrected chi connectivity index (χ1v) is 9.02. The van der Waals surface area contributed by atoms with Gasteiger partial charge in [0.2, 0.25) is 0 Å². The van der Waals surface area contributed by atoms with Crippen molar-refractivity contribution in [1.29, 1.82) is 0 Å². The SMILES string of the molecule is Nc1cc(Br)c(N)c2c1C(=O)c1c(N)c(Oc3ccccc3)cc(N)c1C2=O. The van der Waals surface area contributed by atoms with Gasteiger partial charge < -0.3 is 27.7 Å². The smallest absolute Gasteiger partial charge is 0.198 e. The fraction of sp³-hybridized carbons (Fsp3) is 0. The number of ether oxygens (including phenoxy) is 1. The molecule has 1 aliphatic carbocycles. The standard InChI is InChI=1S/C20H15BrN4O3/c21-9-6-10(22)13-15(17(9)24)19(26)14-11(23)7-12(18(25)16(14)20(13)27)28-8-4-2-1-3-5-8/h1-7H,22-25H2. The highest BCUT2D eigenvalue weighted by Gasteiger charge is 2.38. The van der Waals surface area contributed by atoms with Crippen molar-refractivity contribution in [3.63, 3.8) is 0 Å². The molecule has 0 aromatic heterocycles. The Kier molecular flexibility index (Phi) is 4.01. The van der Waals surface area contributed by atoms with E-state index < -0.39 is 11.6 Å². The van der Waals surface area contributed by atoms with E-state index in [1.54, 1.807) is 24.3 Å². The topological polar surface area (TPSA) is 147 Å². The number of para-hydroxylation sites is 1. The van der Waals surface area contributed by atoms with Crippen LogP contribution in [0, 0.1) is 0 Å². The average molecular weight is 439 g/mol. The van der Waals surface area contributed by atoms with Crippen molar-refractivity contribution in [1.82, 2.24) is 0 Å². The van der Waals surface area contributed by atoms with Gasteiger partial charge in [0.1, 0.15) is 5.75 Å². The molecule has 0 heterocycles. The highest BCUT2D eigenvalue weighted by Crippen LogP contribution is 2.44. The summed E-state index contributed by atoms with van der Waals surface area (Å²) >= 11 is 3.25. The van der Waals surface area contributed by atoms with Gasteiger partial charge in [-0.15, -0.1) is 0 Å². The van der Waals surface area contributed by atoms with Crippen molar-refractivity contribution in [2.75, 3.05) is 22.9 Å². The summed E-state index contributed by atoms with van der Waals surface area (Å²) in [7, 11) is 0. The van der Waals surface area contributed by atoms with Crippen molar-refractivity contribution in [2.45, 2.75) is 0 Å². The van der Waals surface area contributed by atoms with E-state index in [1.807, 2.05) is 6.07 Å². The summed E-state index contributed by atoms with van der Waals surface area (Å²) < 4.78 is 6.19. The molecule has 3 aromatic rings. The lowest BCUT2D eigenvalue weighted by molar-refractivity contribution is 0.0981. The number of anilines is 4. The molecule has 0 unspecified atom stereocenters. The van der Waals surface area contributed by atoms with Crippen LogP contribution in [-0.2, 0) is 0 Å². The van der Waals surface area contributed by atoms with Crippen molar-refractivity contribution in [2.24, 2.45) is 0 Å². The van der Waals surface area contributed by atoms with Gasteiger partial charge in [0.05, 0.1) is 33.6 Å². The summed E-state index contributed by atoms with van der Waals surface area (Å²) in [6.45, 7) is 0. The van der Waals surface area contributed by atoms with E-state index in [1.165, 1.54) is 12.1 Å². The van der Waals surface area contributed by atoms with Crippen molar-refractivity contribution in [3.05, 3.63) is 69.2 Å². The third-order valence-corrected chi connectivity index (χ3v) is 5.24. The number of fused-ring (bicyclic) bond motifs is 2. The first-order valence-electron chi connectivity index (χ1n) is 8.23. The fourth-order valence-electron chi connectivity index (χ4n) is 3.29. The molecule has 0 saturated heterocycles. The van der Waals surface area contributed by atoms with Crippen LogP contribution in [0.15, 0.2) is 46.9 Å². The molecule has 0 amide bonds. The van der Waals surface area contributed by atoms with Gasteiger partial charge in [0, 0.05) is 21.9 Å². The minimum atomic E-state index is -0.524. The summed E-state index contributed by atoms with van der Waals surface area (Å²) in [5, 5.41) is 0. The van der Waals surface area contributed by atoms with Crippen molar-refractivity contribution < 1.29 is 14.3 Å². The summed E-state index contributed by atoms with van der Waals surface area (Å²) in [6, 6.07) is 11.8. The molecular weight excluding hydrogens is 424 g/mol. The van der Waals surface area contributed by atoms with Crippen LogP contribution >= 0.6 is 15.9 Å². The molecule has 0 fully saturated rings. The molecule has 8 N–H and O–H groups in total. The lowest BCUT2D eigenvalue weighted by atomic mass is 9.80. The van der Waals surface area contributed by atoms with E-state index in [0.29, 0.717) is 10.2 Å². The van der Waals surface area contributed by atoms with Crippen LogP contribution in [0.3, 0.4) is 0 Å². The Hall–Kier alpha value is -3.52. The molecule has 3 aromatic carbocycles. The van der Waals surface area contributed by atoms with Gasteiger partial charge in [0.25, 0.3) is 0 Å². The average Bonchev–Trinajstić information content (AvgIpc) is 2.66. The first kappa shape index (κ1) is 17.9. The summed E-state index contributed by atoms with van der Waals surface area (Å²) in [4.78, 5) is 26.4. The molecular formula is C20H15BrN4O3. The highest BCUT2D eigenvalue weighted by atomic mass is 79.9. The maximum Gasteiger partial charge on any atom is 0.198 e. The lowest BCUT2D eigenvalue weighted by Crippen LogP contribution is -2.26. The zero-order chi connectivity index (χ0) is 20.2. The Morgan fingerprint density at radius 3 is 1.86 bits per heavy atom. The first-order chi connectivity index (χ1) is 13.3. The zero-order valence-electron chi connectivity index (χ0n) is 14.5. The predicted molar refractivity (Wildman–Crippen MR) is 112 cm³/mol. The molecule has 0 spiro atoms.